The highest BCUT2D eigenvalue weighted by Crippen LogP contribution is 2.41. The number of carboxylic acid groups (broad SMARTS) is 1. The van der Waals surface area contributed by atoms with Gasteiger partial charge in [0, 0.05) is 22.7 Å². The lowest BCUT2D eigenvalue weighted by atomic mass is 9.86. The predicted octanol–water partition coefficient (Wildman–Crippen LogP) is 8.49. The summed E-state index contributed by atoms with van der Waals surface area (Å²) in [7, 11) is -2.17. The van der Waals surface area contributed by atoms with Crippen LogP contribution in [0.2, 0.25) is 16.6 Å². The summed E-state index contributed by atoms with van der Waals surface area (Å²) in [5, 5.41) is 20.1. The minimum absolute atomic E-state index is 0.247. The van der Waals surface area contributed by atoms with Crippen molar-refractivity contribution in [3.05, 3.63) is 35.4 Å². The van der Waals surface area contributed by atoms with Crippen LogP contribution in [0, 0.1) is 22.8 Å². The fourth-order valence-corrected chi connectivity index (χ4v) is 10.9. The molecular weight excluding hydrogens is 526 g/mol. The maximum atomic E-state index is 12.7. The molecule has 0 bridgehead atoms. The average molecular weight is 576 g/mol. The third-order valence-corrected chi connectivity index (χ3v) is 14.2. The van der Waals surface area contributed by atoms with E-state index in [1.165, 1.54) is 4.90 Å². The largest absolute Gasteiger partial charge is 0.465 e. The molecule has 1 amide bonds. The highest BCUT2D eigenvalue weighted by atomic mass is 28.3. The standard InChI is InChI=1S/C33H49N5O2Si/c1-21(2)41(22(3)4,23(5)6)18-16-25-29(38(30(39)40)32(10,11)12)37-28(31(7,8)9)27(36-25)24-15-17-35-26(19-24)33(13,14)20-34/h15,17,19,21-23H,1-14H3,(H,39,40). The van der Waals surface area contributed by atoms with Crippen molar-refractivity contribution in [1.82, 2.24) is 15.0 Å². The SMILES string of the molecule is CC(C)[Si](C#Cc1nc(-c2ccnc(C(C)(C)C#N)c2)c(C(C)(C)C)nc1N(C(=O)O)C(C)(C)C)(C(C)C)C(C)C. The molecule has 41 heavy (non-hydrogen) atoms. The molecule has 2 rings (SSSR count). The first kappa shape index (κ1) is 34.0. The van der Waals surface area contributed by atoms with Gasteiger partial charge in [0.15, 0.2) is 11.5 Å². The molecule has 0 spiro atoms. The summed E-state index contributed by atoms with van der Waals surface area (Å²) in [5.41, 5.74) is 5.89. The molecule has 7 nitrogen and oxygen atoms in total. The average Bonchev–Trinajstić information content (AvgIpc) is 2.82. The number of nitrogens with zero attached hydrogens (tertiary/aromatic N) is 5. The van der Waals surface area contributed by atoms with Crippen LogP contribution in [0.5, 0.6) is 0 Å². The van der Waals surface area contributed by atoms with Crippen LogP contribution in [0.15, 0.2) is 18.3 Å². The van der Waals surface area contributed by atoms with E-state index in [1.807, 2.05) is 67.5 Å². The second-order valence-corrected chi connectivity index (χ2v) is 20.0. The second-order valence-electron chi connectivity index (χ2n) is 14.4. The van der Waals surface area contributed by atoms with Gasteiger partial charge in [-0.15, -0.1) is 5.54 Å². The van der Waals surface area contributed by atoms with Gasteiger partial charge in [-0.25, -0.2) is 14.8 Å². The second kappa shape index (κ2) is 11.9. The number of aromatic nitrogens is 3. The summed E-state index contributed by atoms with van der Waals surface area (Å²) in [6.45, 7) is 28.8. The maximum absolute atomic E-state index is 12.7. The lowest BCUT2D eigenvalue weighted by Gasteiger charge is -2.38. The van der Waals surface area contributed by atoms with Crippen molar-refractivity contribution in [1.29, 1.82) is 5.26 Å². The number of rotatable bonds is 6. The Bertz CT molecular complexity index is 1360. The summed E-state index contributed by atoms with van der Waals surface area (Å²) in [5.74, 6) is 3.66. The number of hydrogen-bond acceptors (Lipinski definition) is 5. The normalized spacial score (nSPS) is 12.8. The van der Waals surface area contributed by atoms with Crippen molar-refractivity contribution >= 4 is 20.0 Å². The molecule has 222 valence electrons. The van der Waals surface area contributed by atoms with Gasteiger partial charge in [-0.3, -0.25) is 9.88 Å². The fourth-order valence-electron chi connectivity index (χ4n) is 5.66. The first-order valence-electron chi connectivity index (χ1n) is 14.5. The van der Waals surface area contributed by atoms with Gasteiger partial charge in [0.05, 0.1) is 28.6 Å². The van der Waals surface area contributed by atoms with E-state index in [4.69, 9.17) is 9.97 Å². The number of amides is 1. The summed E-state index contributed by atoms with van der Waals surface area (Å²) in [4.78, 5) is 28.7. The molecule has 0 aliphatic heterocycles. The fraction of sp³-hybridized carbons (Fsp3) is 0.606. The first-order chi connectivity index (χ1) is 18.6. The van der Waals surface area contributed by atoms with Crippen molar-refractivity contribution in [2.45, 2.75) is 130 Å². The van der Waals surface area contributed by atoms with Crippen molar-refractivity contribution in [3.63, 3.8) is 0 Å². The Morgan fingerprint density at radius 2 is 1.49 bits per heavy atom. The molecule has 1 N–H and O–H groups in total. The van der Waals surface area contributed by atoms with E-state index in [0.717, 1.165) is 5.56 Å². The Morgan fingerprint density at radius 1 is 0.951 bits per heavy atom. The van der Waals surface area contributed by atoms with Crippen LogP contribution >= 0.6 is 0 Å². The van der Waals surface area contributed by atoms with Crippen molar-refractivity contribution in [2.75, 3.05) is 4.90 Å². The highest BCUT2D eigenvalue weighted by Gasteiger charge is 2.42. The van der Waals surface area contributed by atoms with E-state index >= 15 is 0 Å². The zero-order valence-electron chi connectivity index (χ0n) is 27.6. The monoisotopic (exact) mass is 575 g/mol. The molecule has 0 saturated heterocycles. The summed E-state index contributed by atoms with van der Waals surface area (Å²) in [6.07, 6.45) is 0.578. The molecule has 2 aromatic heterocycles. The van der Waals surface area contributed by atoms with Crippen molar-refractivity contribution in [2.24, 2.45) is 0 Å². The maximum Gasteiger partial charge on any atom is 0.413 e. The summed E-state index contributed by atoms with van der Waals surface area (Å²) in [6, 6.07) is 6.07. The lowest BCUT2D eigenvalue weighted by Crippen LogP contribution is -2.46. The lowest BCUT2D eigenvalue weighted by molar-refractivity contribution is 0.195. The van der Waals surface area contributed by atoms with Gasteiger partial charge in [-0.05, 0) is 63.4 Å². The number of nitriles is 1. The molecule has 0 atom stereocenters. The van der Waals surface area contributed by atoms with Crippen LogP contribution in [0.3, 0.4) is 0 Å². The molecule has 0 radical (unpaired) electrons. The Kier molecular flexibility index (Phi) is 9.89. The predicted molar refractivity (Wildman–Crippen MR) is 171 cm³/mol. The van der Waals surface area contributed by atoms with Crippen LogP contribution in [-0.4, -0.2) is 39.8 Å². The molecule has 2 heterocycles. The number of pyridine rings is 1. The van der Waals surface area contributed by atoms with E-state index in [0.29, 0.717) is 39.4 Å². The Morgan fingerprint density at radius 3 is 1.90 bits per heavy atom. The third-order valence-electron chi connectivity index (χ3n) is 7.88. The molecular formula is C33H49N5O2Si. The third kappa shape index (κ3) is 6.98. The highest BCUT2D eigenvalue weighted by molar-refractivity contribution is 6.90. The van der Waals surface area contributed by atoms with Gasteiger partial charge in [0.1, 0.15) is 8.07 Å². The van der Waals surface area contributed by atoms with Gasteiger partial charge in [0.25, 0.3) is 0 Å². The molecule has 2 aromatic rings. The van der Waals surface area contributed by atoms with Crippen molar-refractivity contribution < 1.29 is 9.90 Å². The zero-order valence-corrected chi connectivity index (χ0v) is 28.6. The molecule has 0 saturated carbocycles. The quantitative estimate of drug-likeness (QED) is 0.274. The molecule has 8 heteroatoms. The molecule has 0 aromatic carbocycles. The first-order valence-corrected chi connectivity index (χ1v) is 16.7. The van der Waals surface area contributed by atoms with Gasteiger partial charge < -0.3 is 5.11 Å². The van der Waals surface area contributed by atoms with Crippen LogP contribution in [-0.2, 0) is 10.8 Å². The van der Waals surface area contributed by atoms with E-state index in [-0.39, 0.29) is 5.82 Å². The Balaban J connectivity index is 3.14. The van der Waals surface area contributed by atoms with Gasteiger partial charge in [-0.2, -0.15) is 5.26 Å². The van der Waals surface area contributed by atoms with Crippen molar-refractivity contribution in [3.8, 4) is 28.8 Å². The van der Waals surface area contributed by atoms with E-state index in [9.17, 15) is 15.2 Å². The topological polar surface area (TPSA) is 103 Å². The Hall–Kier alpha value is -3.23. The summed E-state index contributed by atoms with van der Waals surface area (Å²) < 4.78 is 0. The number of anilines is 1. The summed E-state index contributed by atoms with van der Waals surface area (Å²) >= 11 is 0. The molecule has 0 unspecified atom stereocenters. The minimum Gasteiger partial charge on any atom is -0.465 e. The molecule has 0 aliphatic rings. The van der Waals surface area contributed by atoms with Gasteiger partial charge in [-0.1, -0.05) is 68.2 Å². The van der Waals surface area contributed by atoms with Crippen LogP contribution in [0.1, 0.15) is 114 Å². The zero-order chi connectivity index (χ0) is 31.7. The van der Waals surface area contributed by atoms with Crippen LogP contribution in [0.25, 0.3) is 11.3 Å². The van der Waals surface area contributed by atoms with E-state index < -0.39 is 30.5 Å². The van der Waals surface area contributed by atoms with E-state index in [1.54, 1.807) is 6.20 Å². The van der Waals surface area contributed by atoms with Crippen LogP contribution < -0.4 is 4.90 Å². The number of hydrogen-bond donors (Lipinski definition) is 1. The van der Waals surface area contributed by atoms with Gasteiger partial charge in [0.2, 0.25) is 0 Å². The molecule has 0 aliphatic carbocycles. The smallest absolute Gasteiger partial charge is 0.413 e. The van der Waals surface area contributed by atoms with Crippen LogP contribution in [0.4, 0.5) is 10.6 Å². The molecule has 0 fully saturated rings. The number of carbonyl (C=O) groups is 1. The minimum atomic E-state index is -2.17. The Labute approximate surface area is 248 Å². The van der Waals surface area contributed by atoms with E-state index in [2.05, 4.69) is 64.1 Å². The van der Waals surface area contributed by atoms with Gasteiger partial charge >= 0.3 is 6.09 Å².